The topological polar surface area (TPSA) is 74.8 Å². The number of benzene rings is 1. The van der Waals surface area contributed by atoms with Crippen LogP contribution in [-0.2, 0) is 10.0 Å². The van der Waals surface area contributed by atoms with Crippen LogP contribution in [0.5, 0.6) is 0 Å². The number of H-pyrrole nitrogens is 1. The van der Waals surface area contributed by atoms with E-state index in [0.29, 0.717) is 0 Å². The third-order valence-electron chi connectivity index (χ3n) is 1.96. The largest absolute Gasteiger partial charge is 0.278 e. The molecule has 0 spiro atoms. The maximum Gasteiger partial charge on any atom is 0.278 e. The Kier molecular flexibility index (Phi) is 3.28. The van der Waals surface area contributed by atoms with Crippen molar-refractivity contribution in [2.24, 2.45) is 0 Å². The molecule has 1 aromatic heterocycles. The van der Waals surface area contributed by atoms with Crippen LogP contribution >= 0.6 is 23.2 Å². The minimum Gasteiger partial charge on any atom is -0.277 e. The number of halogens is 2. The summed E-state index contributed by atoms with van der Waals surface area (Å²) in [6, 6.07) is 6.01. The summed E-state index contributed by atoms with van der Waals surface area (Å²) in [5, 5.41) is 6.30. The molecule has 0 fully saturated rings. The molecule has 0 saturated carbocycles. The van der Waals surface area contributed by atoms with Gasteiger partial charge in [-0.25, -0.2) is 0 Å². The van der Waals surface area contributed by atoms with E-state index in [1.165, 1.54) is 18.3 Å². The summed E-state index contributed by atoms with van der Waals surface area (Å²) in [5.41, 5.74) is 0.216. The van der Waals surface area contributed by atoms with E-state index in [9.17, 15) is 8.42 Å². The van der Waals surface area contributed by atoms with Gasteiger partial charge in [0.15, 0.2) is 5.03 Å². The van der Waals surface area contributed by atoms with Crippen molar-refractivity contribution in [2.45, 2.75) is 5.03 Å². The van der Waals surface area contributed by atoms with Crippen molar-refractivity contribution < 1.29 is 8.42 Å². The van der Waals surface area contributed by atoms with Gasteiger partial charge < -0.3 is 0 Å². The number of aromatic amines is 1. The van der Waals surface area contributed by atoms with Gasteiger partial charge >= 0.3 is 0 Å². The second-order valence-corrected chi connectivity index (χ2v) is 5.56. The molecule has 2 rings (SSSR count). The lowest BCUT2D eigenvalue weighted by molar-refractivity contribution is 0.597. The predicted octanol–water partition coefficient (Wildman–Crippen LogP) is 2.52. The highest BCUT2D eigenvalue weighted by Crippen LogP contribution is 2.30. The van der Waals surface area contributed by atoms with Gasteiger partial charge in [0, 0.05) is 0 Å². The molecule has 2 aromatic rings. The van der Waals surface area contributed by atoms with Crippen molar-refractivity contribution in [1.29, 1.82) is 0 Å². The minimum absolute atomic E-state index is 0.0476. The van der Waals surface area contributed by atoms with E-state index in [1.54, 1.807) is 12.1 Å². The minimum atomic E-state index is -3.72. The molecule has 0 aliphatic carbocycles. The third kappa shape index (κ3) is 2.54. The molecule has 1 aromatic carbocycles. The Morgan fingerprint density at radius 2 is 2.00 bits per heavy atom. The first kappa shape index (κ1) is 12.2. The molecule has 0 amide bonds. The van der Waals surface area contributed by atoms with Gasteiger partial charge in [0.05, 0.1) is 21.9 Å². The maximum atomic E-state index is 11.8. The second kappa shape index (κ2) is 4.56. The SMILES string of the molecule is O=S(=O)(Nc1cccc(Cl)c1Cl)c1ccn[nH]1. The molecule has 0 unspecified atom stereocenters. The fourth-order valence-corrected chi connectivity index (χ4v) is 2.56. The fourth-order valence-electron chi connectivity index (χ4n) is 1.18. The lowest BCUT2D eigenvalue weighted by Crippen LogP contribution is -2.13. The number of nitrogens with zero attached hydrogens (tertiary/aromatic N) is 1. The van der Waals surface area contributed by atoms with Crippen molar-refractivity contribution in [2.75, 3.05) is 4.72 Å². The molecule has 17 heavy (non-hydrogen) atoms. The highest BCUT2D eigenvalue weighted by Gasteiger charge is 2.17. The van der Waals surface area contributed by atoms with Gasteiger partial charge in [0.2, 0.25) is 0 Å². The zero-order valence-corrected chi connectivity index (χ0v) is 10.6. The van der Waals surface area contributed by atoms with Gasteiger partial charge in [-0.1, -0.05) is 29.3 Å². The monoisotopic (exact) mass is 291 g/mol. The van der Waals surface area contributed by atoms with E-state index in [0.717, 1.165) is 0 Å². The van der Waals surface area contributed by atoms with Gasteiger partial charge in [-0.05, 0) is 18.2 Å². The summed E-state index contributed by atoms with van der Waals surface area (Å²) in [6.45, 7) is 0. The van der Waals surface area contributed by atoms with Crippen LogP contribution in [0.1, 0.15) is 0 Å². The lowest BCUT2D eigenvalue weighted by Gasteiger charge is -2.08. The summed E-state index contributed by atoms with van der Waals surface area (Å²) in [7, 11) is -3.72. The maximum absolute atomic E-state index is 11.8. The van der Waals surface area contributed by atoms with Gasteiger partial charge in [0.1, 0.15) is 0 Å². The first-order chi connectivity index (χ1) is 8.00. The quantitative estimate of drug-likeness (QED) is 0.912. The number of anilines is 1. The number of hydrogen-bond donors (Lipinski definition) is 2. The molecule has 8 heteroatoms. The van der Waals surface area contributed by atoms with Crippen LogP contribution in [0.15, 0.2) is 35.5 Å². The van der Waals surface area contributed by atoms with Crippen LogP contribution in [0, 0.1) is 0 Å². The zero-order chi connectivity index (χ0) is 12.5. The molecule has 1 heterocycles. The molecular formula is C9H7Cl2N3O2S. The number of aromatic nitrogens is 2. The van der Waals surface area contributed by atoms with Crippen molar-refractivity contribution >= 4 is 38.9 Å². The Morgan fingerprint density at radius 1 is 1.24 bits per heavy atom. The number of hydrogen-bond acceptors (Lipinski definition) is 3. The second-order valence-electron chi connectivity index (χ2n) is 3.13. The van der Waals surface area contributed by atoms with E-state index in [2.05, 4.69) is 14.9 Å². The fraction of sp³-hybridized carbons (Fsp3) is 0. The molecule has 0 aliphatic heterocycles. The molecule has 0 saturated heterocycles. The van der Waals surface area contributed by atoms with Crippen molar-refractivity contribution in [3.63, 3.8) is 0 Å². The first-order valence-corrected chi connectivity index (χ1v) is 6.71. The van der Waals surface area contributed by atoms with Gasteiger partial charge in [-0.2, -0.15) is 13.5 Å². The molecule has 0 aliphatic rings. The number of sulfonamides is 1. The Balaban J connectivity index is 2.37. The van der Waals surface area contributed by atoms with Gasteiger partial charge in [-0.3, -0.25) is 9.82 Å². The smallest absolute Gasteiger partial charge is 0.277 e. The number of nitrogens with one attached hydrogen (secondary N) is 2. The Hall–Kier alpha value is -1.24. The highest BCUT2D eigenvalue weighted by atomic mass is 35.5. The Bertz CT molecular complexity index is 626. The van der Waals surface area contributed by atoms with Crippen molar-refractivity contribution in [3.8, 4) is 0 Å². The molecule has 0 radical (unpaired) electrons. The van der Waals surface area contributed by atoms with Crippen LogP contribution in [0.25, 0.3) is 0 Å². The predicted molar refractivity (Wildman–Crippen MR) is 65.9 cm³/mol. The zero-order valence-electron chi connectivity index (χ0n) is 8.31. The van der Waals surface area contributed by atoms with E-state index in [1.807, 2.05) is 0 Å². The Labute approximate surface area is 108 Å². The third-order valence-corrected chi connectivity index (χ3v) is 4.07. The average molecular weight is 292 g/mol. The van der Waals surface area contributed by atoms with Crippen LogP contribution in [0.4, 0.5) is 5.69 Å². The van der Waals surface area contributed by atoms with Crippen molar-refractivity contribution in [1.82, 2.24) is 10.2 Å². The normalized spacial score (nSPS) is 11.4. The van der Waals surface area contributed by atoms with E-state index < -0.39 is 10.0 Å². The van der Waals surface area contributed by atoms with E-state index in [-0.39, 0.29) is 20.8 Å². The summed E-state index contributed by atoms with van der Waals surface area (Å²) in [5.74, 6) is 0. The standard InChI is InChI=1S/C9H7Cl2N3O2S/c10-6-2-1-3-7(9(6)11)14-17(15,16)8-4-5-12-13-8/h1-5,14H,(H,12,13). The van der Waals surface area contributed by atoms with Crippen molar-refractivity contribution in [3.05, 3.63) is 40.5 Å². The Morgan fingerprint density at radius 3 is 2.65 bits per heavy atom. The summed E-state index contributed by atoms with van der Waals surface area (Å²) in [4.78, 5) is 0. The first-order valence-electron chi connectivity index (χ1n) is 4.47. The molecule has 90 valence electrons. The molecule has 0 bridgehead atoms. The molecule has 5 nitrogen and oxygen atoms in total. The molecule has 2 N–H and O–H groups in total. The van der Waals surface area contributed by atoms with Crippen LogP contribution in [0.3, 0.4) is 0 Å². The van der Waals surface area contributed by atoms with E-state index >= 15 is 0 Å². The van der Waals surface area contributed by atoms with Gasteiger partial charge in [0.25, 0.3) is 10.0 Å². The van der Waals surface area contributed by atoms with E-state index in [4.69, 9.17) is 23.2 Å². The average Bonchev–Trinajstić information content (AvgIpc) is 2.78. The summed E-state index contributed by atoms with van der Waals surface area (Å²) in [6.07, 6.45) is 1.34. The van der Waals surface area contributed by atoms with Crippen LogP contribution in [0.2, 0.25) is 10.0 Å². The lowest BCUT2D eigenvalue weighted by atomic mass is 10.3. The highest BCUT2D eigenvalue weighted by molar-refractivity contribution is 7.92. The molecular weight excluding hydrogens is 285 g/mol. The van der Waals surface area contributed by atoms with Crippen LogP contribution < -0.4 is 4.72 Å². The summed E-state index contributed by atoms with van der Waals surface area (Å²) < 4.78 is 26.0. The number of rotatable bonds is 3. The van der Waals surface area contributed by atoms with Gasteiger partial charge in [-0.15, -0.1) is 0 Å². The molecule has 0 atom stereocenters. The van der Waals surface area contributed by atoms with Crippen LogP contribution in [-0.4, -0.2) is 18.6 Å². The summed E-state index contributed by atoms with van der Waals surface area (Å²) >= 11 is 11.7.